The molecule has 1 saturated heterocycles. The van der Waals surface area contributed by atoms with Gasteiger partial charge in [-0.2, -0.15) is 0 Å². The summed E-state index contributed by atoms with van der Waals surface area (Å²) in [5.41, 5.74) is 2.39. The van der Waals surface area contributed by atoms with Crippen LogP contribution in [0.25, 0.3) is 0 Å². The summed E-state index contributed by atoms with van der Waals surface area (Å²) in [5.74, 6) is -1.73. The Bertz CT molecular complexity index is 1280. The highest BCUT2D eigenvalue weighted by Crippen LogP contribution is 2.23. The van der Waals surface area contributed by atoms with E-state index in [-0.39, 0.29) is 36.7 Å². The summed E-state index contributed by atoms with van der Waals surface area (Å²) in [7, 11) is 0. The molecule has 1 aromatic heterocycles. The third-order valence-electron chi connectivity index (χ3n) is 6.48. The van der Waals surface area contributed by atoms with E-state index in [9.17, 15) is 19.2 Å². The summed E-state index contributed by atoms with van der Waals surface area (Å²) in [6, 6.07) is 19.8. The smallest absolute Gasteiger partial charge is 0.262 e. The maximum atomic E-state index is 13.3. The van der Waals surface area contributed by atoms with E-state index in [1.165, 1.54) is 4.90 Å². The fraction of sp³-hybridized carbons (Fsp3) is 0.250. The lowest BCUT2D eigenvalue weighted by Gasteiger charge is -2.25. The largest absolute Gasteiger partial charge is 0.370 e. The third-order valence-corrected chi connectivity index (χ3v) is 6.48. The molecule has 3 heterocycles. The number of carbonyl (C=O) groups excluding carboxylic acids is 4. The summed E-state index contributed by atoms with van der Waals surface area (Å²) in [4.78, 5) is 60.2. The van der Waals surface area contributed by atoms with Crippen LogP contribution in [-0.2, 0) is 27.5 Å². The topological polar surface area (TPSA) is 100 Å². The van der Waals surface area contributed by atoms with Crippen molar-refractivity contribution in [3.8, 4) is 0 Å². The molecule has 0 saturated carbocycles. The van der Waals surface area contributed by atoms with Crippen molar-refractivity contribution in [2.45, 2.75) is 19.3 Å². The zero-order valence-electron chi connectivity index (χ0n) is 20.2. The summed E-state index contributed by atoms with van der Waals surface area (Å²) in [6.45, 7) is 0.498. The predicted octanol–water partition coefficient (Wildman–Crippen LogP) is 2.13. The molecule has 1 fully saturated rings. The lowest BCUT2D eigenvalue weighted by atomic mass is 10.1. The highest BCUT2D eigenvalue weighted by molar-refractivity contribution is 6.22. The van der Waals surface area contributed by atoms with E-state index in [0.29, 0.717) is 13.1 Å². The van der Waals surface area contributed by atoms with Gasteiger partial charge in [-0.25, -0.2) is 0 Å². The van der Waals surface area contributed by atoms with Crippen LogP contribution < -0.4 is 0 Å². The van der Waals surface area contributed by atoms with Gasteiger partial charge < -0.3 is 14.5 Å². The standard InChI is InChI=1S/C28H26N4O5/c33-25-17-31(26(34)18-32-27(35)23-10-4-5-11-24(23)28(32)36)16-22(37-19-21-9-6-12-29-13-21)15-30(25)14-20-7-2-1-3-8-20/h1-13,22H,14-19H2/t22-/m0/s1. The molecule has 37 heavy (non-hydrogen) atoms. The number of fused-ring (bicyclic) bond motifs is 1. The molecule has 2 aliphatic rings. The fourth-order valence-corrected chi connectivity index (χ4v) is 4.55. The molecule has 0 N–H and O–H groups in total. The number of hydrogen-bond donors (Lipinski definition) is 0. The summed E-state index contributed by atoms with van der Waals surface area (Å²) < 4.78 is 6.13. The first kappa shape index (κ1) is 24.3. The van der Waals surface area contributed by atoms with Crippen LogP contribution >= 0.6 is 0 Å². The normalized spacial score (nSPS) is 17.7. The molecule has 9 nitrogen and oxygen atoms in total. The van der Waals surface area contributed by atoms with Crippen molar-refractivity contribution in [2.24, 2.45) is 0 Å². The molecule has 4 amide bonds. The molecule has 9 heteroatoms. The Morgan fingerprint density at radius 3 is 2.22 bits per heavy atom. The second kappa shape index (κ2) is 10.7. The molecule has 1 atom stereocenters. The van der Waals surface area contributed by atoms with E-state index in [0.717, 1.165) is 16.0 Å². The van der Waals surface area contributed by atoms with Gasteiger partial charge in [0.05, 0.1) is 30.4 Å². The highest BCUT2D eigenvalue weighted by Gasteiger charge is 2.38. The molecule has 3 aromatic rings. The molecule has 0 bridgehead atoms. The number of pyridine rings is 1. The van der Waals surface area contributed by atoms with Gasteiger partial charge in [-0.1, -0.05) is 48.5 Å². The molecule has 5 rings (SSSR count). The van der Waals surface area contributed by atoms with E-state index >= 15 is 0 Å². The molecule has 188 valence electrons. The number of imide groups is 1. The van der Waals surface area contributed by atoms with Crippen LogP contribution in [0.2, 0.25) is 0 Å². The lowest BCUT2D eigenvalue weighted by Crippen LogP contribution is -2.46. The van der Waals surface area contributed by atoms with Gasteiger partial charge in [0.1, 0.15) is 6.54 Å². The Balaban J connectivity index is 1.32. The summed E-state index contributed by atoms with van der Waals surface area (Å²) in [5, 5.41) is 0. The Kier molecular flexibility index (Phi) is 7.04. The van der Waals surface area contributed by atoms with Crippen molar-refractivity contribution in [3.63, 3.8) is 0 Å². The number of rotatable bonds is 7. The molecular weight excluding hydrogens is 472 g/mol. The lowest BCUT2D eigenvalue weighted by molar-refractivity contribution is -0.139. The van der Waals surface area contributed by atoms with Gasteiger partial charge in [-0.05, 0) is 29.3 Å². The van der Waals surface area contributed by atoms with Crippen LogP contribution in [0, 0.1) is 0 Å². The minimum absolute atomic E-state index is 0.152. The number of hydrogen-bond acceptors (Lipinski definition) is 6. The number of aromatic nitrogens is 1. The fourth-order valence-electron chi connectivity index (χ4n) is 4.55. The van der Waals surface area contributed by atoms with Crippen molar-refractivity contribution in [2.75, 3.05) is 26.2 Å². The van der Waals surface area contributed by atoms with Crippen LogP contribution in [0.1, 0.15) is 31.8 Å². The van der Waals surface area contributed by atoms with Gasteiger partial charge >= 0.3 is 0 Å². The summed E-state index contributed by atoms with van der Waals surface area (Å²) >= 11 is 0. The van der Waals surface area contributed by atoms with Crippen molar-refractivity contribution < 1.29 is 23.9 Å². The Labute approximate surface area is 214 Å². The van der Waals surface area contributed by atoms with Crippen molar-refractivity contribution >= 4 is 23.6 Å². The second-order valence-electron chi connectivity index (χ2n) is 9.07. The average molecular weight is 499 g/mol. The molecule has 2 aromatic carbocycles. The zero-order valence-corrected chi connectivity index (χ0v) is 20.2. The Hall–Kier alpha value is -4.37. The molecule has 0 aliphatic carbocycles. The van der Waals surface area contributed by atoms with Gasteiger partial charge in [0.25, 0.3) is 11.8 Å². The van der Waals surface area contributed by atoms with Crippen LogP contribution in [0.15, 0.2) is 79.1 Å². The Morgan fingerprint density at radius 1 is 0.865 bits per heavy atom. The van der Waals surface area contributed by atoms with E-state index in [1.807, 2.05) is 42.5 Å². The number of amides is 4. The van der Waals surface area contributed by atoms with Gasteiger partial charge in [0, 0.05) is 32.0 Å². The molecular formula is C28H26N4O5. The first-order chi connectivity index (χ1) is 18.0. The van der Waals surface area contributed by atoms with E-state index < -0.39 is 30.4 Å². The number of carbonyl (C=O) groups is 4. The van der Waals surface area contributed by atoms with Crippen LogP contribution in [0.5, 0.6) is 0 Å². The first-order valence-corrected chi connectivity index (χ1v) is 12.0. The average Bonchev–Trinajstić information content (AvgIpc) is 3.05. The maximum Gasteiger partial charge on any atom is 0.262 e. The zero-order chi connectivity index (χ0) is 25.8. The second-order valence-corrected chi connectivity index (χ2v) is 9.07. The van der Waals surface area contributed by atoms with Crippen LogP contribution in [0.4, 0.5) is 0 Å². The number of nitrogens with zero attached hydrogens (tertiary/aromatic N) is 4. The molecule has 2 aliphatic heterocycles. The van der Waals surface area contributed by atoms with Crippen LogP contribution in [-0.4, -0.2) is 75.6 Å². The van der Waals surface area contributed by atoms with Crippen molar-refractivity contribution in [1.82, 2.24) is 19.7 Å². The molecule has 0 spiro atoms. The van der Waals surface area contributed by atoms with Gasteiger partial charge in [0.15, 0.2) is 0 Å². The van der Waals surface area contributed by atoms with E-state index in [2.05, 4.69) is 4.98 Å². The Morgan fingerprint density at radius 2 is 1.54 bits per heavy atom. The quantitative estimate of drug-likeness (QED) is 0.463. The van der Waals surface area contributed by atoms with Crippen molar-refractivity contribution in [1.29, 1.82) is 0 Å². The first-order valence-electron chi connectivity index (χ1n) is 12.0. The minimum atomic E-state index is -0.509. The van der Waals surface area contributed by atoms with Gasteiger partial charge in [-0.3, -0.25) is 29.1 Å². The van der Waals surface area contributed by atoms with E-state index in [4.69, 9.17) is 4.74 Å². The van der Waals surface area contributed by atoms with Crippen LogP contribution in [0.3, 0.4) is 0 Å². The monoisotopic (exact) mass is 498 g/mol. The van der Waals surface area contributed by atoms with Crippen molar-refractivity contribution in [3.05, 3.63) is 101 Å². The summed E-state index contributed by atoms with van der Waals surface area (Å²) in [6.07, 6.45) is 2.91. The molecule has 0 unspecified atom stereocenters. The SMILES string of the molecule is O=C(CN1C(=O)c2ccccc2C1=O)N1CC(=O)N(Cc2ccccc2)C[C@H](OCc2cccnc2)C1. The van der Waals surface area contributed by atoms with E-state index in [1.54, 1.807) is 41.6 Å². The highest BCUT2D eigenvalue weighted by atomic mass is 16.5. The molecule has 0 radical (unpaired) electrons. The maximum absolute atomic E-state index is 13.3. The van der Waals surface area contributed by atoms with Gasteiger partial charge in [0.2, 0.25) is 11.8 Å². The number of benzene rings is 2. The number of ether oxygens (including phenoxy) is 1. The third kappa shape index (κ3) is 5.41. The van der Waals surface area contributed by atoms with Gasteiger partial charge in [-0.15, -0.1) is 0 Å². The predicted molar refractivity (Wildman–Crippen MR) is 133 cm³/mol. The minimum Gasteiger partial charge on any atom is -0.370 e.